The Morgan fingerprint density at radius 2 is 2.42 bits per heavy atom. The quantitative estimate of drug-likeness (QED) is 0.727. The van der Waals surface area contributed by atoms with Crippen LogP contribution in [0.1, 0.15) is 25.6 Å². The molecule has 0 spiro atoms. The zero-order chi connectivity index (χ0) is 8.97. The fraction of sp³-hybridized carbons (Fsp3) is 0.444. The number of nitrogens with zero attached hydrogens (tertiary/aromatic N) is 1. The molecule has 1 rings (SSSR count). The first-order valence-electron chi connectivity index (χ1n) is 4.01. The van der Waals surface area contributed by atoms with Gasteiger partial charge >= 0.3 is 0 Å². The second-order valence-electron chi connectivity index (χ2n) is 2.51. The lowest BCUT2D eigenvalue weighted by Gasteiger charge is -2.11. The molecule has 3 heteroatoms. The number of hydrogen-bond acceptors (Lipinski definition) is 3. The van der Waals surface area contributed by atoms with Crippen LogP contribution in [0.2, 0.25) is 0 Å². The molecule has 2 nitrogen and oxygen atoms in total. The first kappa shape index (κ1) is 9.55. The molecule has 0 N–H and O–H groups in total. The summed E-state index contributed by atoms with van der Waals surface area (Å²) < 4.78 is 5.40. The van der Waals surface area contributed by atoms with Crippen molar-refractivity contribution < 1.29 is 4.74 Å². The van der Waals surface area contributed by atoms with E-state index >= 15 is 0 Å². The Balaban J connectivity index is 2.79. The van der Waals surface area contributed by atoms with E-state index in [0.29, 0.717) is 6.61 Å². The fourth-order valence-electron chi connectivity index (χ4n) is 1.05. The van der Waals surface area contributed by atoms with Gasteiger partial charge in [0.2, 0.25) is 0 Å². The van der Waals surface area contributed by atoms with Gasteiger partial charge in [-0.05, 0) is 26.0 Å². The maximum Gasteiger partial charge on any atom is 0.0977 e. The van der Waals surface area contributed by atoms with E-state index in [1.807, 2.05) is 26.0 Å². The molecule has 0 saturated heterocycles. The molecular weight excluding hydrogens is 170 g/mol. The smallest absolute Gasteiger partial charge is 0.0977 e. The maximum absolute atomic E-state index is 5.40. The second-order valence-corrected chi connectivity index (χ2v) is 2.99. The number of aromatic nitrogens is 1. The number of thiol groups is 1. The van der Waals surface area contributed by atoms with E-state index in [1.165, 1.54) is 0 Å². The van der Waals surface area contributed by atoms with E-state index in [1.54, 1.807) is 6.20 Å². The maximum atomic E-state index is 5.40. The lowest BCUT2D eigenvalue weighted by Crippen LogP contribution is -2.02. The minimum Gasteiger partial charge on any atom is -0.372 e. The summed E-state index contributed by atoms with van der Waals surface area (Å²) >= 11 is 4.29. The Morgan fingerprint density at radius 1 is 1.67 bits per heavy atom. The van der Waals surface area contributed by atoms with Gasteiger partial charge in [0, 0.05) is 17.7 Å². The molecule has 1 heterocycles. The van der Waals surface area contributed by atoms with Crippen molar-refractivity contribution in [2.45, 2.75) is 24.8 Å². The number of hydrogen-bond donors (Lipinski definition) is 1. The molecule has 66 valence electrons. The highest BCUT2D eigenvalue weighted by molar-refractivity contribution is 7.80. The largest absolute Gasteiger partial charge is 0.372 e. The van der Waals surface area contributed by atoms with E-state index < -0.39 is 0 Å². The van der Waals surface area contributed by atoms with Crippen LogP contribution in [0.5, 0.6) is 0 Å². The van der Waals surface area contributed by atoms with Gasteiger partial charge in [-0.3, -0.25) is 4.98 Å². The minimum absolute atomic E-state index is 0.0312. The van der Waals surface area contributed by atoms with Crippen LogP contribution in [0.25, 0.3) is 0 Å². The molecule has 0 amide bonds. The number of ether oxygens (including phenoxy) is 1. The average molecular weight is 183 g/mol. The van der Waals surface area contributed by atoms with Crippen molar-refractivity contribution in [3.8, 4) is 0 Å². The van der Waals surface area contributed by atoms with Crippen molar-refractivity contribution >= 4 is 12.6 Å². The predicted octanol–water partition coefficient (Wildman–Crippen LogP) is 2.47. The lowest BCUT2D eigenvalue weighted by molar-refractivity contribution is 0.0714. The van der Waals surface area contributed by atoms with Crippen LogP contribution in [0.4, 0.5) is 0 Å². The summed E-state index contributed by atoms with van der Waals surface area (Å²) in [6, 6.07) is 3.78. The molecule has 1 aromatic heterocycles. The van der Waals surface area contributed by atoms with Crippen LogP contribution in [0.3, 0.4) is 0 Å². The van der Waals surface area contributed by atoms with Gasteiger partial charge in [0.05, 0.1) is 11.8 Å². The second kappa shape index (κ2) is 4.48. The van der Waals surface area contributed by atoms with Crippen molar-refractivity contribution in [1.82, 2.24) is 4.98 Å². The third kappa shape index (κ3) is 2.22. The average Bonchev–Trinajstić information content (AvgIpc) is 2.05. The monoisotopic (exact) mass is 183 g/mol. The van der Waals surface area contributed by atoms with Gasteiger partial charge in [-0.2, -0.15) is 0 Å². The molecule has 0 radical (unpaired) electrons. The van der Waals surface area contributed by atoms with Gasteiger partial charge in [0.15, 0.2) is 0 Å². The van der Waals surface area contributed by atoms with Crippen molar-refractivity contribution in [3.05, 3.63) is 24.0 Å². The standard InChI is InChI=1S/C9H13NOS/c1-3-11-7(2)9-8(12)5-4-6-10-9/h4-7,12H,3H2,1-2H3/t7-/m0/s1. The highest BCUT2D eigenvalue weighted by atomic mass is 32.1. The molecular formula is C9H13NOS. The molecule has 0 aliphatic heterocycles. The Morgan fingerprint density at radius 3 is 3.00 bits per heavy atom. The number of rotatable bonds is 3. The highest BCUT2D eigenvalue weighted by Gasteiger charge is 2.08. The molecule has 12 heavy (non-hydrogen) atoms. The summed E-state index contributed by atoms with van der Waals surface area (Å²) in [5.41, 5.74) is 0.905. The third-order valence-corrected chi connectivity index (χ3v) is 2.00. The topological polar surface area (TPSA) is 22.1 Å². The molecule has 1 aromatic rings. The van der Waals surface area contributed by atoms with Gasteiger partial charge in [-0.25, -0.2) is 0 Å². The highest BCUT2D eigenvalue weighted by Crippen LogP contribution is 2.20. The van der Waals surface area contributed by atoms with E-state index in [2.05, 4.69) is 17.6 Å². The van der Waals surface area contributed by atoms with E-state index in [-0.39, 0.29) is 6.10 Å². The van der Waals surface area contributed by atoms with Crippen molar-refractivity contribution in [3.63, 3.8) is 0 Å². The lowest BCUT2D eigenvalue weighted by atomic mass is 10.2. The SMILES string of the molecule is CCO[C@@H](C)c1ncccc1S. The van der Waals surface area contributed by atoms with E-state index in [4.69, 9.17) is 4.74 Å². The van der Waals surface area contributed by atoms with E-state index in [0.717, 1.165) is 10.6 Å². The van der Waals surface area contributed by atoms with Gasteiger partial charge in [0.1, 0.15) is 0 Å². The molecule has 0 bridgehead atoms. The van der Waals surface area contributed by atoms with Gasteiger partial charge in [-0.15, -0.1) is 12.6 Å². The zero-order valence-corrected chi connectivity index (χ0v) is 8.21. The zero-order valence-electron chi connectivity index (χ0n) is 7.32. The Hall–Kier alpha value is -0.540. The summed E-state index contributed by atoms with van der Waals surface area (Å²) in [6.07, 6.45) is 1.79. The van der Waals surface area contributed by atoms with Gasteiger partial charge in [0.25, 0.3) is 0 Å². The van der Waals surface area contributed by atoms with Gasteiger partial charge < -0.3 is 4.74 Å². The molecule has 0 aromatic carbocycles. The van der Waals surface area contributed by atoms with Crippen LogP contribution in [-0.2, 0) is 4.74 Å². The van der Waals surface area contributed by atoms with E-state index in [9.17, 15) is 0 Å². The Kier molecular flexibility index (Phi) is 3.56. The Bertz CT molecular complexity index is 252. The van der Waals surface area contributed by atoms with Crippen LogP contribution in [0, 0.1) is 0 Å². The van der Waals surface area contributed by atoms with Crippen LogP contribution in [0.15, 0.2) is 23.2 Å². The van der Waals surface area contributed by atoms with Crippen molar-refractivity contribution in [1.29, 1.82) is 0 Å². The first-order valence-corrected chi connectivity index (χ1v) is 4.46. The number of pyridine rings is 1. The summed E-state index contributed by atoms with van der Waals surface area (Å²) in [5.74, 6) is 0. The third-order valence-electron chi connectivity index (χ3n) is 1.62. The minimum atomic E-state index is 0.0312. The summed E-state index contributed by atoms with van der Waals surface area (Å²) in [7, 11) is 0. The van der Waals surface area contributed by atoms with Crippen molar-refractivity contribution in [2.75, 3.05) is 6.61 Å². The molecule has 0 unspecified atom stereocenters. The molecule has 0 aliphatic rings. The first-order chi connectivity index (χ1) is 5.75. The summed E-state index contributed by atoms with van der Waals surface area (Å²) in [6.45, 7) is 4.65. The molecule has 0 aliphatic carbocycles. The Labute approximate surface area is 78.4 Å². The normalized spacial score (nSPS) is 12.9. The van der Waals surface area contributed by atoms with Crippen LogP contribution in [-0.4, -0.2) is 11.6 Å². The molecule has 1 atom stereocenters. The van der Waals surface area contributed by atoms with Gasteiger partial charge in [-0.1, -0.05) is 0 Å². The fourth-order valence-corrected chi connectivity index (χ4v) is 1.38. The van der Waals surface area contributed by atoms with Crippen molar-refractivity contribution in [2.24, 2.45) is 0 Å². The molecule has 0 saturated carbocycles. The summed E-state index contributed by atoms with van der Waals surface area (Å²) in [5, 5.41) is 0. The van der Waals surface area contributed by atoms with Crippen LogP contribution < -0.4 is 0 Å². The molecule has 0 fully saturated rings. The summed E-state index contributed by atoms with van der Waals surface area (Å²) in [4.78, 5) is 5.08. The van der Waals surface area contributed by atoms with Crippen LogP contribution >= 0.6 is 12.6 Å². The predicted molar refractivity (Wildman–Crippen MR) is 51.5 cm³/mol.